The maximum absolute atomic E-state index is 14.4. The van der Waals surface area contributed by atoms with Gasteiger partial charge in [-0.25, -0.2) is 9.37 Å². The monoisotopic (exact) mass is 426 g/mol. The molecule has 0 bridgehead atoms. The minimum Gasteiger partial charge on any atom is -0.474 e. The van der Waals surface area contributed by atoms with E-state index >= 15 is 0 Å². The summed E-state index contributed by atoms with van der Waals surface area (Å²) in [5, 5.41) is 13.0. The highest BCUT2D eigenvalue weighted by Gasteiger charge is 2.15. The average Bonchev–Trinajstić information content (AvgIpc) is 3.20. The third-order valence-electron chi connectivity index (χ3n) is 4.47. The van der Waals surface area contributed by atoms with Crippen LogP contribution in [0.1, 0.15) is 0 Å². The molecule has 7 nitrogen and oxygen atoms in total. The lowest BCUT2D eigenvalue weighted by Crippen LogP contribution is -2.20. The Balaban J connectivity index is 1.74. The van der Waals surface area contributed by atoms with Gasteiger partial charge in [0.05, 0.1) is 11.4 Å². The van der Waals surface area contributed by atoms with Crippen molar-refractivity contribution in [3.8, 4) is 17.1 Å². The molecule has 0 fully saturated rings. The zero-order chi connectivity index (χ0) is 21.1. The van der Waals surface area contributed by atoms with Crippen LogP contribution in [0.4, 0.5) is 15.8 Å². The molecule has 0 saturated carbocycles. The summed E-state index contributed by atoms with van der Waals surface area (Å²) >= 11 is 6.05. The van der Waals surface area contributed by atoms with E-state index in [9.17, 15) is 4.39 Å². The molecular weight excluding hydrogens is 407 g/mol. The van der Waals surface area contributed by atoms with Crippen LogP contribution >= 0.6 is 11.6 Å². The van der Waals surface area contributed by atoms with Crippen LogP contribution in [0, 0.1) is 5.82 Å². The Morgan fingerprint density at radius 3 is 2.83 bits per heavy atom. The van der Waals surface area contributed by atoms with E-state index in [0.29, 0.717) is 35.4 Å². The molecule has 3 aromatic heterocycles. The Bertz CT molecular complexity index is 1180. The summed E-state index contributed by atoms with van der Waals surface area (Å²) in [6.07, 6.45) is 3.51. The normalized spacial score (nSPS) is 11.2. The number of anilines is 2. The van der Waals surface area contributed by atoms with E-state index in [0.717, 1.165) is 16.7 Å². The molecule has 154 valence electrons. The molecule has 0 saturated heterocycles. The topological polar surface area (TPSA) is 79.0 Å². The number of hydrogen-bond acceptors (Lipinski definition) is 6. The molecule has 30 heavy (non-hydrogen) atoms. The minimum absolute atomic E-state index is 0.263. The number of fused-ring (bicyclic) bond motifs is 1. The zero-order valence-corrected chi connectivity index (χ0v) is 17.2. The number of pyridine rings is 1. The van der Waals surface area contributed by atoms with Gasteiger partial charge < -0.3 is 19.9 Å². The van der Waals surface area contributed by atoms with Gasteiger partial charge in [0.2, 0.25) is 0 Å². The smallest absolute Gasteiger partial charge is 0.257 e. The highest BCUT2D eigenvalue weighted by Crippen LogP contribution is 2.33. The van der Waals surface area contributed by atoms with Crippen LogP contribution < -0.4 is 10.1 Å². The van der Waals surface area contributed by atoms with Crippen molar-refractivity contribution in [2.75, 3.05) is 32.6 Å². The molecule has 2 N–H and O–H groups in total. The number of rotatable bonds is 7. The van der Waals surface area contributed by atoms with E-state index in [1.54, 1.807) is 12.3 Å². The van der Waals surface area contributed by atoms with Crippen LogP contribution in [-0.4, -0.2) is 52.3 Å². The number of benzene rings is 1. The highest BCUT2D eigenvalue weighted by molar-refractivity contribution is 6.30. The van der Waals surface area contributed by atoms with Gasteiger partial charge in [0, 0.05) is 34.9 Å². The first-order valence-corrected chi connectivity index (χ1v) is 9.69. The van der Waals surface area contributed by atoms with Crippen LogP contribution in [0.2, 0.25) is 5.02 Å². The molecule has 4 rings (SSSR count). The van der Waals surface area contributed by atoms with Crippen molar-refractivity contribution in [2.24, 2.45) is 0 Å². The van der Waals surface area contributed by atoms with Gasteiger partial charge in [-0.2, -0.15) is 0 Å². The van der Waals surface area contributed by atoms with Gasteiger partial charge in [0.25, 0.3) is 5.88 Å². The van der Waals surface area contributed by atoms with Gasteiger partial charge in [-0.3, -0.25) is 0 Å². The van der Waals surface area contributed by atoms with Gasteiger partial charge in [0.1, 0.15) is 23.8 Å². The highest BCUT2D eigenvalue weighted by atomic mass is 35.5. The van der Waals surface area contributed by atoms with Crippen LogP contribution in [0.15, 0.2) is 48.8 Å². The lowest BCUT2D eigenvalue weighted by Gasteiger charge is -2.15. The van der Waals surface area contributed by atoms with Crippen molar-refractivity contribution < 1.29 is 9.13 Å². The second kappa shape index (κ2) is 8.64. The molecule has 0 unspecified atom stereocenters. The van der Waals surface area contributed by atoms with Gasteiger partial charge in [-0.1, -0.05) is 11.6 Å². The van der Waals surface area contributed by atoms with Gasteiger partial charge in [0.15, 0.2) is 0 Å². The van der Waals surface area contributed by atoms with Crippen molar-refractivity contribution >= 4 is 34.0 Å². The van der Waals surface area contributed by atoms with Gasteiger partial charge in [-0.05, 0) is 50.5 Å². The predicted octanol–water partition coefficient (Wildman–Crippen LogP) is 4.50. The molecule has 0 aliphatic heterocycles. The zero-order valence-electron chi connectivity index (χ0n) is 16.5. The van der Waals surface area contributed by atoms with Gasteiger partial charge >= 0.3 is 0 Å². The number of H-pyrrole nitrogens is 1. The van der Waals surface area contributed by atoms with E-state index in [1.807, 2.05) is 37.3 Å². The quantitative estimate of drug-likeness (QED) is 0.453. The molecule has 1 aromatic carbocycles. The Morgan fingerprint density at radius 2 is 2.00 bits per heavy atom. The summed E-state index contributed by atoms with van der Waals surface area (Å²) in [6, 6.07) is 9.79. The predicted molar refractivity (Wildman–Crippen MR) is 116 cm³/mol. The second-order valence-corrected chi connectivity index (χ2v) is 7.38. The van der Waals surface area contributed by atoms with E-state index in [1.165, 1.54) is 18.2 Å². The van der Waals surface area contributed by atoms with Crippen LogP contribution in [-0.2, 0) is 0 Å². The Morgan fingerprint density at radius 1 is 1.13 bits per heavy atom. The summed E-state index contributed by atoms with van der Waals surface area (Å²) in [4.78, 5) is 9.38. The molecule has 0 aliphatic carbocycles. The largest absolute Gasteiger partial charge is 0.474 e. The number of aromatic amines is 1. The first-order valence-electron chi connectivity index (χ1n) is 9.31. The lowest BCUT2D eigenvalue weighted by molar-refractivity contribution is 0.253. The Kier molecular flexibility index (Phi) is 5.78. The number of ether oxygens (including phenoxy) is 1. The van der Waals surface area contributed by atoms with Crippen LogP contribution in [0.5, 0.6) is 5.88 Å². The number of aromatic nitrogens is 4. The SMILES string of the molecule is CN(C)CCOc1nnc(-c2cc(Cl)ccc2F)cc1Nc1ccnc2[nH]ccc12. The molecule has 9 heteroatoms. The number of nitrogens with one attached hydrogen (secondary N) is 2. The molecule has 0 atom stereocenters. The standard InChI is InChI=1S/C21H20ClFN6O/c1-29(2)9-10-30-21-19(26-17-6-8-25-20-14(17)5-7-24-20)12-18(27-28-21)15-11-13(22)3-4-16(15)23/h3-8,11-12H,9-10H2,1-2H3,(H2,24,25,26,27). The Labute approximate surface area is 177 Å². The summed E-state index contributed by atoms with van der Waals surface area (Å²) in [7, 11) is 3.91. The van der Waals surface area contributed by atoms with Gasteiger partial charge in [-0.15, -0.1) is 10.2 Å². The summed E-state index contributed by atoms with van der Waals surface area (Å²) in [5.74, 6) is -0.110. The average molecular weight is 427 g/mol. The first kappa shape index (κ1) is 20.1. The fourth-order valence-corrected chi connectivity index (χ4v) is 3.11. The van der Waals surface area contributed by atoms with Crippen molar-refractivity contribution in [1.29, 1.82) is 0 Å². The van der Waals surface area contributed by atoms with Crippen molar-refractivity contribution in [3.05, 3.63) is 59.6 Å². The van der Waals surface area contributed by atoms with Crippen molar-refractivity contribution in [2.45, 2.75) is 0 Å². The number of halogens is 2. The van der Waals surface area contributed by atoms with E-state index < -0.39 is 5.82 Å². The maximum Gasteiger partial charge on any atom is 0.257 e. The first-order chi connectivity index (χ1) is 14.5. The van der Waals surface area contributed by atoms with E-state index in [4.69, 9.17) is 16.3 Å². The third kappa shape index (κ3) is 4.34. The van der Waals surface area contributed by atoms with E-state index in [2.05, 4.69) is 25.5 Å². The van der Waals surface area contributed by atoms with Crippen LogP contribution in [0.25, 0.3) is 22.3 Å². The molecule has 0 aliphatic rings. The van der Waals surface area contributed by atoms with E-state index in [-0.39, 0.29) is 5.56 Å². The fourth-order valence-electron chi connectivity index (χ4n) is 2.94. The van der Waals surface area contributed by atoms with Crippen LogP contribution in [0.3, 0.4) is 0 Å². The molecule has 0 radical (unpaired) electrons. The summed E-state index contributed by atoms with van der Waals surface area (Å²) in [5.41, 5.74) is 2.73. The fraction of sp³-hybridized carbons (Fsp3) is 0.190. The molecule has 0 amide bonds. The number of likely N-dealkylation sites (N-methyl/N-ethyl adjacent to an activating group) is 1. The molecule has 3 heterocycles. The maximum atomic E-state index is 14.4. The third-order valence-corrected chi connectivity index (χ3v) is 4.71. The second-order valence-electron chi connectivity index (χ2n) is 6.95. The van der Waals surface area contributed by atoms with Crippen molar-refractivity contribution in [1.82, 2.24) is 25.1 Å². The summed E-state index contributed by atoms with van der Waals surface area (Å²) < 4.78 is 20.2. The summed E-state index contributed by atoms with van der Waals surface area (Å²) in [6.45, 7) is 1.14. The Hall–Kier alpha value is -3.23. The molecule has 0 spiro atoms. The molecule has 4 aromatic rings. The van der Waals surface area contributed by atoms with Crippen molar-refractivity contribution in [3.63, 3.8) is 0 Å². The minimum atomic E-state index is -0.433. The lowest BCUT2D eigenvalue weighted by atomic mass is 10.1. The number of nitrogens with zero attached hydrogens (tertiary/aromatic N) is 4. The number of hydrogen-bond donors (Lipinski definition) is 2. The molecular formula is C21H20ClFN6O.